The van der Waals surface area contributed by atoms with Crippen molar-refractivity contribution in [1.82, 2.24) is 0 Å². The number of benzene rings is 2. The smallest absolute Gasteiger partial charge is 0.176 e. The van der Waals surface area contributed by atoms with Crippen LogP contribution in [0.15, 0.2) is 48.5 Å². The molecule has 0 radical (unpaired) electrons. The normalized spacial score (nSPS) is 11.4. The van der Waals surface area contributed by atoms with Gasteiger partial charge in [0.15, 0.2) is 5.60 Å². The van der Waals surface area contributed by atoms with Crippen molar-refractivity contribution in [2.75, 3.05) is 14.2 Å². The summed E-state index contributed by atoms with van der Waals surface area (Å²) in [6.45, 7) is 3.14. The van der Waals surface area contributed by atoms with Crippen LogP contribution in [0.3, 0.4) is 0 Å². The van der Waals surface area contributed by atoms with Gasteiger partial charge in [0.25, 0.3) is 0 Å². The summed E-state index contributed by atoms with van der Waals surface area (Å²) in [5.74, 6) is 6.90. The standard InChI is InChI=1S/C20H22O4/c1-19(2,21)13-14-20(22,15-5-9-17(23-3)10-6-15)16-7-11-18(24-4)12-8-16/h5-12,21-22H,1-4H3. The zero-order valence-electron chi connectivity index (χ0n) is 14.3. The van der Waals surface area contributed by atoms with E-state index in [4.69, 9.17) is 9.47 Å². The Kier molecular flexibility index (Phi) is 5.18. The highest BCUT2D eigenvalue weighted by Gasteiger charge is 2.30. The molecular weight excluding hydrogens is 304 g/mol. The fraction of sp³-hybridized carbons (Fsp3) is 0.300. The Balaban J connectivity index is 2.56. The molecule has 0 saturated heterocycles. The van der Waals surface area contributed by atoms with Crippen LogP contribution >= 0.6 is 0 Å². The zero-order chi connectivity index (χ0) is 17.8. The maximum atomic E-state index is 11.3. The molecule has 0 amide bonds. The van der Waals surface area contributed by atoms with E-state index in [1.54, 1.807) is 76.6 Å². The third-order valence-corrected chi connectivity index (χ3v) is 3.56. The van der Waals surface area contributed by atoms with Crippen LogP contribution in [-0.2, 0) is 5.60 Å². The molecule has 4 heteroatoms. The van der Waals surface area contributed by atoms with Crippen molar-refractivity contribution in [2.24, 2.45) is 0 Å². The third-order valence-electron chi connectivity index (χ3n) is 3.56. The van der Waals surface area contributed by atoms with Crippen molar-refractivity contribution >= 4 is 0 Å². The van der Waals surface area contributed by atoms with Gasteiger partial charge in [0.1, 0.15) is 17.1 Å². The molecule has 0 fully saturated rings. The topological polar surface area (TPSA) is 58.9 Å². The van der Waals surface area contributed by atoms with Crippen LogP contribution in [0.5, 0.6) is 11.5 Å². The minimum atomic E-state index is -1.56. The second-order valence-corrected chi connectivity index (χ2v) is 5.98. The van der Waals surface area contributed by atoms with Crippen molar-refractivity contribution < 1.29 is 19.7 Å². The first kappa shape index (κ1) is 17.9. The van der Waals surface area contributed by atoms with Gasteiger partial charge in [0, 0.05) is 11.1 Å². The molecule has 2 N–H and O–H groups in total. The fourth-order valence-electron chi connectivity index (χ4n) is 2.22. The molecule has 2 aromatic carbocycles. The average molecular weight is 326 g/mol. The molecule has 0 aliphatic heterocycles. The predicted octanol–water partition coefficient (Wildman–Crippen LogP) is 2.71. The van der Waals surface area contributed by atoms with Gasteiger partial charge in [-0.1, -0.05) is 36.1 Å². The SMILES string of the molecule is COc1ccc(C(O)(C#CC(C)(C)O)c2ccc(OC)cc2)cc1. The molecule has 2 aromatic rings. The molecule has 0 atom stereocenters. The first-order valence-electron chi connectivity index (χ1n) is 7.56. The molecule has 0 spiro atoms. The van der Waals surface area contributed by atoms with Crippen LogP contribution in [0.1, 0.15) is 25.0 Å². The second-order valence-electron chi connectivity index (χ2n) is 5.98. The van der Waals surface area contributed by atoms with Gasteiger partial charge in [-0.15, -0.1) is 0 Å². The van der Waals surface area contributed by atoms with Crippen molar-refractivity contribution in [2.45, 2.75) is 25.0 Å². The van der Waals surface area contributed by atoms with Gasteiger partial charge in [0.05, 0.1) is 14.2 Å². The zero-order valence-corrected chi connectivity index (χ0v) is 14.3. The average Bonchev–Trinajstić information content (AvgIpc) is 2.59. The van der Waals surface area contributed by atoms with Crippen molar-refractivity contribution in [3.05, 3.63) is 59.7 Å². The van der Waals surface area contributed by atoms with Crippen LogP contribution < -0.4 is 9.47 Å². The Bertz CT molecular complexity index is 681. The third kappa shape index (κ3) is 4.08. The lowest BCUT2D eigenvalue weighted by Crippen LogP contribution is -2.27. The summed E-state index contributed by atoms with van der Waals surface area (Å²) in [7, 11) is 3.16. The fourth-order valence-corrected chi connectivity index (χ4v) is 2.22. The van der Waals surface area contributed by atoms with Gasteiger partial charge in [-0.05, 0) is 38.1 Å². The Morgan fingerprint density at radius 2 is 1.08 bits per heavy atom. The van der Waals surface area contributed by atoms with E-state index in [1.807, 2.05) is 0 Å². The molecule has 2 rings (SSSR count). The van der Waals surface area contributed by atoms with E-state index in [0.29, 0.717) is 22.6 Å². The van der Waals surface area contributed by atoms with E-state index < -0.39 is 11.2 Å². The Morgan fingerprint density at radius 1 is 0.708 bits per heavy atom. The molecule has 24 heavy (non-hydrogen) atoms. The highest BCUT2D eigenvalue weighted by atomic mass is 16.5. The largest absolute Gasteiger partial charge is 0.497 e. The minimum absolute atomic E-state index is 0.588. The number of rotatable bonds is 4. The van der Waals surface area contributed by atoms with E-state index in [9.17, 15) is 10.2 Å². The van der Waals surface area contributed by atoms with E-state index in [0.717, 1.165) is 0 Å². The lowest BCUT2D eigenvalue weighted by Gasteiger charge is -2.24. The summed E-state index contributed by atoms with van der Waals surface area (Å²) in [4.78, 5) is 0. The Labute approximate surface area is 142 Å². The van der Waals surface area contributed by atoms with E-state index in [1.165, 1.54) is 0 Å². The molecule has 0 aromatic heterocycles. The second kappa shape index (κ2) is 6.96. The molecule has 126 valence electrons. The quantitative estimate of drug-likeness (QED) is 0.848. The van der Waals surface area contributed by atoms with Crippen molar-refractivity contribution in [3.63, 3.8) is 0 Å². The molecular formula is C20H22O4. The van der Waals surface area contributed by atoms with Gasteiger partial charge in [-0.2, -0.15) is 0 Å². The first-order valence-corrected chi connectivity index (χ1v) is 7.56. The van der Waals surface area contributed by atoms with Gasteiger partial charge in [-0.25, -0.2) is 0 Å². The summed E-state index contributed by atoms with van der Waals surface area (Å²) >= 11 is 0. The van der Waals surface area contributed by atoms with Gasteiger partial charge in [0.2, 0.25) is 0 Å². The highest BCUT2D eigenvalue weighted by molar-refractivity contribution is 5.47. The summed E-state index contributed by atoms with van der Waals surface area (Å²) in [6.07, 6.45) is 0. The number of hydrogen-bond acceptors (Lipinski definition) is 4. The molecule has 0 aliphatic carbocycles. The van der Waals surface area contributed by atoms with Gasteiger partial charge >= 0.3 is 0 Å². The Hall–Kier alpha value is -2.48. The predicted molar refractivity (Wildman–Crippen MR) is 93.1 cm³/mol. The van der Waals surface area contributed by atoms with E-state index in [-0.39, 0.29) is 0 Å². The lowest BCUT2D eigenvalue weighted by atomic mass is 9.86. The molecule has 0 saturated carbocycles. The minimum Gasteiger partial charge on any atom is -0.497 e. The lowest BCUT2D eigenvalue weighted by molar-refractivity contribution is 0.132. The van der Waals surface area contributed by atoms with Crippen LogP contribution in [0, 0.1) is 11.8 Å². The summed E-state index contributed by atoms with van der Waals surface area (Å²) in [6, 6.07) is 14.0. The van der Waals surface area contributed by atoms with Crippen LogP contribution in [0.25, 0.3) is 0 Å². The van der Waals surface area contributed by atoms with Crippen LogP contribution in [-0.4, -0.2) is 30.0 Å². The van der Waals surface area contributed by atoms with Crippen LogP contribution in [0.2, 0.25) is 0 Å². The van der Waals surface area contributed by atoms with Crippen LogP contribution in [0.4, 0.5) is 0 Å². The Morgan fingerprint density at radius 3 is 1.38 bits per heavy atom. The molecule has 0 bridgehead atoms. The monoisotopic (exact) mass is 326 g/mol. The number of methoxy groups -OCH3 is 2. The number of aliphatic hydroxyl groups is 2. The van der Waals surface area contributed by atoms with Crippen molar-refractivity contribution in [1.29, 1.82) is 0 Å². The summed E-state index contributed by atoms with van der Waals surface area (Å²) in [5, 5.41) is 21.2. The molecule has 0 aliphatic rings. The molecule has 0 heterocycles. The summed E-state index contributed by atoms with van der Waals surface area (Å²) < 4.78 is 10.3. The summed E-state index contributed by atoms with van der Waals surface area (Å²) in [5.41, 5.74) is -1.60. The van der Waals surface area contributed by atoms with Gasteiger partial charge < -0.3 is 19.7 Å². The van der Waals surface area contributed by atoms with E-state index >= 15 is 0 Å². The van der Waals surface area contributed by atoms with E-state index in [2.05, 4.69) is 11.8 Å². The number of ether oxygens (including phenoxy) is 2. The number of hydrogen-bond donors (Lipinski definition) is 2. The maximum Gasteiger partial charge on any atom is 0.176 e. The molecule has 0 unspecified atom stereocenters. The highest BCUT2D eigenvalue weighted by Crippen LogP contribution is 2.31. The first-order chi connectivity index (χ1) is 11.3. The maximum absolute atomic E-state index is 11.3. The van der Waals surface area contributed by atoms with Gasteiger partial charge in [-0.3, -0.25) is 0 Å². The van der Waals surface area contributed by atoms with Crippen molar-refractivity contribution in [3.8, 4) is 23.3 Å². The molecule has 4 nitrogen and oxygen atoms in total.